The van der Waals surface area contributed by atoms with Gasteiger partial charge in [0.1, 0.15) is 11.0 Å². The maximum absolute atomic E-state index is 12.3. The number of carbonyl (C=O) groups is 2. The van der Waals surface area contributed by atoms with E-state index in [2.05, 4.69) is 14.1 Å². The second-order valence-corrected chi connectivity index (χ2v) is 5.94. The van der Waals surface area contributed by atoms with E-state index in [-0.39, 0.29) is 11.1 Å². The Bertz CT molecular complexity index is 913. The molecule has 0 amide bonds. The Morgan fingerprint density at radius 1 is 1.21 bits per heavy atom. The summed E-state index contributed by atoms with van der Waals surface area (Å²) in [6.07, 6.45) is 0. The van der Waals surface area contributed by atoms with Gasteiger partial charge in [-0.1, -0.05) is 12.1 Å². The number of hydrogen-bond acceptors (Lipinski definition) is 7. The van der Waals surface area contributed by atoms with E-state index in [9.17, 15) is 14.7 Å². The van der Waals surface area contributed by atoms with E-state index in [1.54, 1.807) is 32.0 Å². The van der Waals surface area contributed by atoms with Gasteiger partial charge in [0.25, 0.3) is 0 Å². The van der Waals surface area contributed by atoms with E-state index < -0.39 is 17.9 Å². The lowest BCUT2D eigenvalue weighted by atomic mass is 9.80. The van der Waals surface area contributed by atoms with Crippen molar-refractivity contribution in [3.05, 3.63) is 46.3 Å². The molecular formula is C16H15N3O4S. The van der Waals surface area contributed by atoms with Crippen molar-refractivity contribution in [3.63, 3.8) is 0 Å². The van der Waals surface area contributed by atoms with E-state index in [1.807, 2.05) is 0 Å². The predicted octanol–water partition coefficient (Wildman–Crippen LogP) is 2.18. The van der Waals surface area contributed by atoms with Crippen LogP contribution in [0.3, 0.4) is 0 Å². The zero-order valence-corrected chi connectivity index (χ0v) is 14.1. The first-order valence-corrected chi connectivity index (χ1v) is 7.90. The standard InChI is InChI=1S/C16H15N3O4S/c1-7-11(15(20)21)13(12(8(2)17-7)16(22)23-3)9-5-4-6-10-14(9)19-24-18-10/h4-6,13,17H,1-3H3,(H,20,21). The molecule has 1 atom stereocenters. The zero-order chi connectivity index (χ0) is 17.4. The number of carboxylic acid groups (broad SMARTS) is 1. The highest BCUT2D eigenvalue weighted by Gasteiger charge is 2.38. The lowest BCUT2D eigenvalue weighted by Gasteiger charge is -2.29. The predicted molar refractivity (Wildman–Crippen MR) is 88.3 cm³/mol. The number of nitrogens with one attached hydrogen (secondary N) is 1. The molecule has 0 fully saturated rings. The Morgan fingerprint density at radius 3 is 2.58 bits per heavy atom. The molecule has 0 spiro atoms. The Hall–Kier alpha value is -2.74. The van der Waals surface area contributed by atoms with Gasteiger partial charge in [0.05, 0.1) is 35.9 Å². The third-order valence-electron chi connectivity index (χ3n) is 4.02. The summed E-state index contributed by atoms with van der Waals surface area (Å²) in [7, 11) is 1.27. The van der Waals surface area contributed by atoms with Crippen molar-refractivity contribution < 1.29 is 19.4 Å². The molecule has 0 saturated carbocycles. The fourth-order valence-corrected chi connectivity index (χ4v) is 3.59. The van der Waals surface area contributed by atoms with Gasteiger partial charge in [0.15, 0.2) is 0 Å². The average Bonchev–Trinajstić information content (AvgIpc) is 3.01. The van der Waals surface area contributed by atoms with Crippen LogP contribution in [0.5, 0.6) is 0 Å². The summed E-state index contributed by atoms with van der Waals surface area (Å²) in [5, 5.41) is 12.7. The molecule has 24 heavy (non-hydrogen) atoms. The molecule has 1 aromatic carbocycles. The number of nitrogens with zero attached hydrogens (tertiary/aromatic N) is 2. The molecule has 8 heteroatoms. The van der Waals surface area contributed by atoms with Gasteiger partial charge in [0.2, 0.25) is 0 Å². The van der Waals surface area contributed by atoms with Crippen LogP contribution in [0.2, 0.25) is 0 Å². The molecule has 3 rings (SSSR count). The molecule has 0 saturated heterocycles. The second-order valence-electron chi connectivity index (χ2n) is 5.41. The maximum atomic E-state index is 12.3. The number of rotatable bonds is 3. The number of benzene rings is 1. The number of dihydropyridines is 1. The number of aliphatic carboxylic acids is 1. The Kier molecular flexibility index (Phi) is 4.06. The maximum Gasteiger partial charge on any atom is 0.336 e. The molecule has 124 valence electrons. The molecule has 0 bridgehead atoms. The molecule has 1 aromatic heterocycles. The van der Waals surface area contributed by atoms with Crippen molar-refractivity contribution in [2.45, 2.75) is 19.8 Å². The Morgan fingerprint density at radius 2 is 1.92 bits per heavy atom. The average molecular weight is 345 g/mol. The topological polar surface area (TPSA) is 101 Å². The van der Waals surface area contributed by atoms with E-state index in [4.69, 9.17) is 4.74 Å². The van der Waals surface area contributed by atoms with Crippen molar-refractivity contribution in [2.24, 2.45) is 0 Å². The van der Waals surface area contributed by atoms with Crippen LogP contribution in [0.1, 0.15) is 25.3 Å². The van der Waals surface area contributed by atoms with Crippen LogP contribution in [-0.4, -0.2) is 32.9 Å². The van der Waals surface area contributed by atoms with Crippen LogP contribution in [0.4, 0.5) is 0 Å². The van der Waals surface area contributed by atoms with Crippen LogP contribution in [0.15, 0.2) is 40.7 Å². The molecule has 2 heterocycles. The minimum Gasteiger partial charge on any atom is -0.478 e. The van der Waals surface area contributed by atoms with Gasteiger partial charge in [0, 0.05) is 11.4 Å². The first-order valence-electron chi connectivity index (χ1n) is 7.17. The van der Waals surface area contributed by atoms with Gasteiger partial charge in [-0.05, 0) is 25.5 Å². The third-order valence-corrected chi connectivity index (χ3v) is 4.57. The van der Waals surface area contributed by atoms with Crippen molar-refractivity contribution in [3.8, 4) is 0 Å². The molecule has 0 aliphatic carbocycles. The monoisotopic (exact) mass is 345 g/mol. The van der Waals surface area contributed by atoms with Crippen LogP contribution < -0.4 is 5.32 Å². The van der Waals surface area contributed by atoms with Crippen LogP contribution in [0, 0.1) is 0 Å². The summed E-state index contributed by atoms with van der Waals surface area (Å²) in [6, 6.07) is 5.35. The zero-order valence-electron chi connectivity index (χ0n) is 13.3. The lowest BCUT2D eigenvalue weighted by Crippen LogP contribution is -2.31. The highest BCUT2D eigenvalue weighted by Crippen LogP contribution is 2.40. The number of fused-ring (bicyclic) bond motifs is 1. The van der Waals surface area contributed by atoms with Crippen LogP contribution in [0.25, 0.3) is 11.0 Å². The highest BCUT2D eigenvalue weighted by molar-refractivity contribution is 7.00. The first kappa shape index (κ1) is 16.1. The summed E-state index contributed by atoms with van der Waals surface area (Å²) in [4.78, 5) is 24.2. The number of aromatic nitrogens is 2. The lowest BCUT2D eigenvalue weighted by molar-refractivity contribution is -0.136. The second kappa shape index (κ2) is 6.04. The van der Waals surface area contributed by atoms with Gasteiger partial charge in [-0.2, -0.15) is 8.75 Å². The fourth-order valence-electron chi connectivity index (χ4n) is 3.03. The first-order chi connectivity index (χ1) is 11.5. The molecule has 1 unspecified atom stereocenters. The number of allylic oxidation sites excluding steroid dienone is 2. The Balaban J connectivity index is 2.32. The molecular weight excluding hydrogens is 330 g/mol. The highest BCUT2D eigenvalue weighted by atomic mass is 32.1. The van der Waals surface area contributed by atoms with Crippen molar-refractivity contribution in [1.29, 1.82) is 0 Å². The van der Waals surface area contributed by atoms with Crippen molar-refractivity contribution in [2.75, 3.05) is 7.11 Å². The van der Waals surface area contributed by atoms with Gasteiger partial charge >= 0.3 is 11.9 Å². The summed E-state index contributed by atoms with van der Waals surface area (Å²) >= 11 is 1.05. The molecule has 2 N–H and O–H groups in total. The minimum absolute atomic E-state index is 0.0986. The number of esters is 1. The SMILES string of the molecule is COC(=O)C1=C(C)NC(C)=C(C(=O)O)C1c1cccc2nsnc12. The van der Waals surface area contributed by atoms with E-state index in [1.165, 1.54) is 7.11 Å². The van der Waals surface area contributed by atoms with Crippen LogP contribution in [-0.2, 0) is 14.3 Å². The smallest absolute Gasteiger partial charge is 0.336 e. The fraction of sp³-hybridized carbons (Fsp3) is 0.250. The van der Waals surface area contributed by atoms with Crippen molar-refractivity contribution in [1.82, 2.24) is 14.1 Å². The quantitative estimate of drug-likeness (QED) is 0.822. The molecule has 2 aromatic rings. The Labute approximate surface area is 142 Å². The van der Waals surface area contributed by atoms with Crippen molar-refractivity contribution >= 4 is 34.7 Å². The van der Waals surface area contributed by atoms with E-state index in [0.717, 1.165) is 11.7 Å². The molecule has 0 radical (unpaired) electrons. The summed E-state index contributed by atoms with van der Waals surface area (Å²) in [6.45, 7) is 3.40. The summed E-state index contributed by atoms with van der Waals surface area (Å²) < 4.78 is 13.4. The number of carbonyl (C=O) groups excluding carboxylic acids is 1. The van der Waals surface area contributed by atoms with E-state index >= 15 is 0 Å². The largest absolute Gasteiger partial charge is 0.478 e. The summed E-state index contributed by atoms with van der Waals surface area (Å²) in [5.74, 6) is -2.45. The molecule has 1 aliphatic rings. The number of ether oxygens (including phenoxy) is 1. The number of carboxylic acids is 1. The van der Waals surface area contributed by atoms with Gasteiger partial charge in [-0.15, -0.1) is 0 Å². The minimum atomic E-state index is -1.10. The van der Waals surface area contributed by atoms with Crippen LogP contribution >= 0.6 is 11.7 Å². The molecule has 7 nitrogen and oxygen atoms in total. The molecule has 1 aliphatic heterocycles. The number of hydrogen-bond donors (Lipinski definition) is 2. The van der Waals surface area contributed by atoms with E-state index in [0.29, 0.717) is 28.0 Å². The number of methoxy groups -OCH3 is 1. The van der Waals surface area contributed by atoms with Gasteiger partial charge in [-0.25, -0.2) is 9.59 Å². The summed E-state index contributed by atoms with van der Waals surface area (Å²) in [5.41, 5.74) is 3.30. The normalized spacial score (nSPS) is 17.9. The third kappa shape index (κ3) is 2.44. The van der Waals surface area contributed by atoms with Gasteiger partial charge in [-0.3, -0.25) is 0 Å². The van der Waals surface area contributed by atoms with Gasteiger partial charge < -0.3 is 15.2 Å².